The normalized spacial score (nSPS) is 14.5. The van der Waals surface area contributed by atoms with Gasteiger partial charge in [0.15, 0.2) is 9.84 Å². The molecular formula is C23H50O4S. The molecule has 172 valence electrons. The van der Waals surface area contributed by atoms with Crippen LogP contribution in [0.25, 0.3) is 0 Å². The standard InChI is InChI=1S/C6H12O2S.C6H12O2.C6H14.C5H12/c1-5(2)9(7,8)6-3-4-6;1-6(2,3)5(7)8-4;1-5-6(2,3)4;1-5(2,3)4/h5-6H,3-4H2,1-2H3;1-4H3;5H2,1-4H3;1-4H3. The minimum absolute atomic E-state index is 0.0116. The van der Waals surface area contributed by atoms with Crippen molar-refractivity contribution in [3.8, 4) is 0 Å². The molecule has 0 bridgehead atoms. The second kappa shape index (κ2) is 12.9. The first-order valence-electron chi connectivity index (χ1n) is 10.4. The van der Waals surface area contributed by atoms with Crippen molar-refractivity contribution in [1.82, 2.24) is 0 Å². The summed E-state index contributed by atoms with van der Waals surface area (Å²) in [5.41, 5.74) is 0.689. The van der Waals surface area contributed by atoms with Crippen molar-refractivity contribution >= 4 is 15.8 Å². The lowest BCUT2D eigenvalue weighted by atomic mass is 9.94. The van der Waals surface area contributed by atoms with Gasteiger partial charge in [-0.3, -0.25) is 4.79 Å². The van der Waals surface area contributed by atoms with E-state index in [2.05, 4.69) is 60.1 Å². The molecule has 5 heteroatoms. The van der Waals surface area contributed by atoms with Gasteiger partial charge in [-0.25, -0.2) is 8.42 Å². The van der Waals surface area contributed by atoms with Gasteiger partial charge in [-0.05, 0) is 58.3 Å². The molecule has 0 amide bonds. The Balaban J connectivity index is -0.000000306. The van der Waals surface area contributed by atoms with E-state index in [0.29, 0.717) is 10.8 Å². The minimum atomic E-state index is -2.70. The van der Waals surface area contributed by atoms with Gasteiger partial charge in [0.2, 0.25) is 0 Å². The van der Waals surface area contributed by atoms with E-state index in [9.17, 15) is 13.2 Å². The summed E-state index contributed by atoms with van der Waals surface area (Å²) < 4.78 is 26.7. The highest BCUT2D eigenvalue weighted by atomic mass is 32.2. The number of hydrogen-bond donors (Lipinski definition) is 0. The van der Waals surface area contributed by atoms with Crippen LogP contribution in [0, 0.1) is 16.2 Å². The van der Waals surface area contributed by atoms with Crippen molar-refractivity contribution in [2.24, 2.45) is 16.2 Å². The Hall–Kier alpha value is -0.580. The van der Waals surface area contributed by atoms with E-state index in [1.54, 1.807) is 13.8 Å². The number of methoxy groups -OCH3 is 1. The van der Waals surface area contributed by atoms with Crippen LogP contribution in [-0.2, 0) is 19.4 Å². The smallest absolute Gasteiger partial charge is 0.310 e. The quantitative estimate of drug-likeness (QED) is 0.466. The van der Waals surface area contributed by atoms with Crippen LogP contribution >= 0.6 is 0 Å². The average molecular weight is 423 g/mol. The van der Waals surface area contributed by atoms with E-state index in [0.717, 1.165) is 12.8 Å². The molecule has 0 saturated heterocycles. The number of sulfone groups is 1. The van der Waals surface area contributed by atoms with Crippen LogP contribution in [0.2, 0.25) is 0 Å². The molecule has 1 fully saturated rings. The lowest BCUT2D eigenvalue weighted by Gasteiger charge is -2.13. The Morgan fingerprint density at radius 3 is 1.25 bits per heavy atom. The topological polar surface area (TPSA) is 60.4 Å². The molecule has 1 saturated carbocycles. The minimum Gasteiger partial charge on any atom is -0.469 e. The van der Waals surface area contributed by atoms with Crippen LogP contribution in [-0.4, -0.2) is 32.0 Å². The molecule has 0 atom stereocenters. The van der Waals surface area contributed by atoms with Gasteiger partial charge in [0.05, 0.1) is 23.0 Å². The molecule has 1 rings (SSSR count). The van der Waals surface area contributed by atoms with Crippen LogP contribution in [0.5, 0.6) is 0 Å². The summed E-state index contributed by atoms with van der Waals surface area (Å²) in [6.45, 7) is 26.6. The number of carbonyl (C=O) groups is 1. The molecule has 1 aliphatic carbocycles. The molecule has 0 radical (unpaired) electrons. The Morgan fingerprint density at radius 2 is 1.21 bits per heavy atom. The monoisotopic (exact) mass is 422 g/mol. The fourth-order valence-corrected chi connectivity index (χ4v) is 2.65. The highest BCUT2D eigenvalue weighted by Gasteiger charge is 2.37. The molecule has 0 unspecified atom stereocenters. The maximum absolute atomic E-state index is 11.1. The maximum Gasteiger partial charge on any atom is 0.310 e. The zero-order chi connectivity index (χ0) is 23.6. The molecule has 4 nitrogen and oxygen atoms in total. The van der Waals surface area contributed by atoms with Crippen molar-refractivity contribution in [2.75, 3.05) is 7.11 Å². The summed E-state index contributed by atoms with van der Waals surface area (Å²) >= 11 is 0. The van der Waals surface area contributed by atoms with Gasteiger partial charge in [-0.2, -0.15) is 0 Å². The first-order chi connectivity index (χ1) is 12.1. The van der Waals surface area contributed by atoms with E-state index in [4.69, 9.17) is 0 Å². The Labute approximate surface area is 177 Å². The second-order valence-electron chi connectivity index (χ2n) is 11.5. The second-order valence-corrected chi connectivity index (χ2v) is 14.3. The van der Waals surface area contributed by atoms with Crippen LogP contribution in [0.15, 0.2) is 0 Å². The third-order valence-corrected chi connectivity index (χ3v) is 6.22. The third kappa shape index (κ3) is 23.5. The predicted molar refractivity (Wildman–Crippen MR) is 123 cm³/mol. The highest BCUT2D eigenvalue weighted by molar-refractivity contribution is 7.92. The number of esters is 1. The first-order valence-corrected chi connectivity index (χ1v) is 12.0. The SMILES string of the molecule is CC(C)(C)C.CC(C)S(=O)(=O)C1CC1.CCC(C)(C)C.COC(=O)C(C)(C)C. The average Bonchev–Trinajstić information content (AvgIpc) is 3.29. The van der Waals surface area contributed by atoms with Crippen molar-refractivity contribution in [1.29, 1.82) is 0 Å². The van der Waals surface area contributed by atoms with E-state index in [1.165, 1.54) is 13.5 Å². The van der Waals surface area contributed by atoms with Crippen LogP contribution in [0.3, 0.4) is 0 Å². The predicted octanol–water partition coefficient (Wildman–Crippen LogP) is 6.67. The van der Waals surface area contributed by atoms with Crippen molar-refractivity contribution < 1.29 is 17.9 Å². The zero-order valence-electron chi connectivity index (χ0n) is 21.3. The Bertz CT molecular complexity index is 494. The summed E-state index contributed by atoms with van der Waals surface area (Å²) in [5.74, 6) is -0.169. The summed E-state index contributed by atoms with van der Waals surface area (Å²) in [6.07, 6.45) is 3.05. The molecule has 0 heterocycles. The lowest BCUT2D eigenvalue weighted by Crippen LogP contribution is -2.21. The molecule has 0 spiro atoms. The summed E-state index contributed by atoms with van der Waals surface area (Å²) in [4.78, 5) is 10.6. The Morgan fingerprint density at radius 1 is 0.929 bits per heavy atom. The van der Waals surface area contributed by atoms with Gasteiger partial charge in [-0.15, -0.1) is 0 Å². The number of ether oxygens (including phenoxy) is 1. The van der Waals surface area contributed by atoms with Gasteiger partial charge >= 0.3 is 5.97 Å². The molecule has 0 N–H and O–H groups in total. The molecule has 28 heavy (non-hydrogen) atoms. The zero-order valence-corrected chi connectivity index (χ0v) is 22.1. The van der Waals surface area contributed by atoms with E-state index in [1.807, 2.05) is 20.8 Å². The molecular weight excluding hydrogens is 372 g/mol. The maximum atomic E-state index is 11.1. The van der Waals surface area contributed by atoms with Crippen molar-refractivity contribution in [3.63, 3.8) is 0 Å². The van der Waals surface area contributed by atoms with Gasteiger partial charge in [0, 0.05) is 0 Å². The molecule has 0 aliphatic heterocycles. The fourth-order valence-electron chi connectivity index (χ4n) is 1.09. The summed E-state index contributed by atoms with van der Waals surface area (Å²) in [6, 6.07) is 0. The number of rotatable bonds is 2. The Kier molecular flexibility index (Phi) is 14.8. The molecule has 0 aromatic heterocycles. The van der Waals surface area contributed by atoms with E-state index < -0.39 is 9.84 Å². The number of hydrogen-bond acceptors (Lipinski definition) is 4. The van der Waals surface area contributed by atoms with Crippen LogP contribution in [0.1, 0.15) is 109 Å². The highest BCUT2D eigenvalue weighted by Crippen LogP contribution is 2.30. The molecule has 1 aliphatic rings. The largest absolute Gasteiger partial charge is 0.469 e. The van der Waals surface area contributed by atoms with E-state index in [-0.39, 0.29) is 21.9 Å². The van der Waals surface area contributed by atoms with Gasteiger partial charge in [0.25, 0.3) is 0 Å². The van der Waals surface area contributed by atoms with Crippen molar-refractivity contribution in [3.05, 3.63) is 0 Å². The molecule has 0 aromatic carbocycles. The lowest BCUT2D eigenvalue weighted by molar-refractivity contribution is -0.149. The third-order valence-electron chi connectivity index (χ3n) is 3.50. The summed E-state index contributed by atoms with van der Waals surface area (Å²) in [7, 11) is -1.31. The van der Waals surface area contributed by atoms with Gasteiger partial charge in [0.1, 0.15) is 0 Å². The van der Waals surface area contributed by atoms with Crippen LogP contribution in [0.4, 0.5) is 0 Å². The van der Waals surface area contributed by atoms with Crippen molar-refractivity contribution in [2.45, 2.75) is 120 Å². The number of carbonyl (C=O) groups excluding carboxylic acids is 1. The first kappa shape index (κ1) is 32.1. The van der Waals surface area contributed by atoms with Crippen LogP contribution < -0.4 is 0 Å². The van der Waals surface area contributed by atoms with Gasteiger partial charge in [-0.1, -0.05) is 61.8 Å². The fraction of sp³-hybridized carbons (Fsp3) is 0.957. The summed E-state index contributed by atoms with van der Waals surface area (Å²) in [5, 5.41) is -0.164. The van der Waals surface area contributed by atoms with Gasteiger partial charge < -0.3 is 4.74 Å². The van der Waals surface area contributed by atoms with E-state index >= 15 is 0 Å². The molecule has 0 aromatic rings.